The predicted octanol–water partition coefficient (Wildman–Crippen LogP) is 0.273. The maximum Gasteiger partial charge on any atom is 0.336 e. The standard InChI is InChI=1S/C8H14N2O2/c1-4-6-7(9-10(2)3)5-12-8(6)11/h9H,4-5H2,1-3H3. The topological polar surface area (TPSA) is 41.6 Å². The van der Waals surface area contributed by atoms with Crippen molar-refractivity contribution < 1.29 is 9.53 Å². The van der Waals surface area contributed by atoms with Crippen LogP contribution in [0.4, 0.5) is 0 Å². The zero-order valence-electron chi connectivity index (χ0n) is 7.68. The van der Waals surface area contributed by atoms with Crippen molar-refractivity contribution in [2.45, 2.75) is 13.3 Å². The van der Waals surface area contributed by atoms with Gasteiger partial charge in [-0.3, -0.25) is 0 Å². The summed E-state index contributed by atoms with van der Waals surface area (Å²) in [5.74, 6) is -0.193. The van der Waals surface area contributed by atoms with Gasteiger partial charge < -0.3 is 10.2 Å². The second-order valence-electron chi connectivity index (χ2n) is 2.89. The molecule has 12 heavy (non-hydrogen) atoms. The van der Waals surface area contributed by atoms with Crippen LogP contribution >= 0.6 is 0 Å². The minimum absolute atomic E-state index is 0.193. The summed E-state index contributed by atoms with van der Waals surface area (Å²) in [5.41, 5.74) is 4.68. The first kappa shape index (κ1) is 9.06. The van der Waals surface area contributed by atoms with Crippen molar-refractivity contribution in [2.75, 3.05) is 20.7 Å². The van der Waals surface area contributed by atoms with E-state index in [1.165, 1.54) is 0 Å². The van der Waals surface area contributed by atoms with Crippen molar-refractivity contribution in [1.29, 1.82) is 0 Å². The summed E-state index contributed by atoms with van der Waals surface area (Å²) in [5, 5.41) is 1.80. The van der Waals surface area contributed by atoms with Crippen molar-refractivity contribution in [3.8, 4) is 0 Å². The minimum atomic E-state index is -0.193. The Morgan fingerprint density at radius 1 is 1.58 bits per heavy atom. The number of carbonyl (C=O) groups is 1. The van der Waals surface area contributed by atoms with Crippen molar-refractivity contribution in [2.24, 2.45) is 0 Å². The molecule has 1 aliphatic heterocycles. The molecule has 1 heterocycles. The van der Waals surface area contributed by atoms with Crippen LogP contribution in [0.2, 0.25) is 0 Å². The second kappa shape index (κ2) is 3.58. The Balaban J connectivity index is 2.71. The number of rotatable bonds is 3. The van der Waals surface area contributed by atoms with Crippen molar-refractivity contribution >= 4 is 5.97 Å². The number of esters is 1. The summed E-state index contributed by atoms with van der Waals surface area (Å²) in [6.45, 7) is 2.32. The lowest BCUT2D eigenvalue weighted by atomic mass is 10.2. The van der Waals surface area contributed by atoms with Crippen molar-refractivity contribution in [3.05, 3.63) is 11.3 Å². The Kier molecular flexibility index (Phi) is 2.70. The third-order valence-corrected chi connectivity index (χ3v) is 1.67. The molecule has 1 rings (SSSR count). The van der Waals surface area contributed by atoms with E-state index in [0.29, 0.717) is 6.61 Å². The van der Waals surface area contributed by atoms with Crippen LogP contribution in [0.1, 0.15) is 13.3 Å². The number of hydrazine groups is 1. The molecular weight excluding hydrogens is 156 g/mol. The predicted molar refractivity (Wildman–Crippen MR) is 45.1 cm³/mol. The van der Waals surface area contributed by atoms with Crippen molar-refractivity contribution in [1.82, 2.24) is 10.4 Å². The third-order valence-electron chi connectivity index (χ3n) is 1.67. The lowest BCUT2D eigenvalue weighted by Gasteiger charge is -2.13. The van der Waals surface area contributed by atoms with E-state index in [4.69, 9.17) is 4.74 Å². The smallest absolute Gasteiger partial charge is 0.336 e. The minimum Gasteiger partial charge on any atom is -0.456 e. The summed E-state index contributed by atoms with van der Waals surface area (Å²) < 4.78 is 4.87. The van der Waals surface area contributed by atoms with Crippen LogP contribution in [0.25, 0.3) is 0 Å². The van der Waals surface area contributed by atoms with Gasteiger partial charge in [0.2, 0.25) is 0 Å². The number of carbonyl (C=O) groups excluding carboxylic acids is 1. The Bertz CT molecular complexity index is 221. The highest BCUT2D eigenvalue weighted by Crippen LogP contribution is 2.16. The molecule has 0 bridgehead atoms. The quantitative estimate of drug-likeness (QED) is 0.487. The van der Waals surface area contributed by atoms with E-state index in [0.717, 1.165) is 17.7 Å². The molecule has 0 radical (unpaired) electrons. The van der Waals surface area contributed by atoms with E-state index in [2.05, 4.69) is 5.43 Å². The zero-order valence-corrected chi connectivity index (χ0v) is 7.68. The average Bonchev–Trinajstić information content (AvgIpc) is 2.30. The van der Waals surface area contributed by atoms with Crippen LogP contribution in [0.3, 0.4) is 0 Å². The van der Waals surface area contributed by atoms with Gasteiger partial charge in [-0.05, 0) is 6.42 Å². The molecule has 0 saturated heterocycles. The fraction of sp³-hybridized carbons (Fsp3) is 0.625. The molecule has 4 heteroatoms. The van der Waals surface area contributed by atoms with Gasteiger partial charge in [0.25, 0.3) is 0 Å². The Labute approximate surface area is 72.2 Å². The van der Waals surface area contributed by atoms with Crippen LogP contribution in [-0.2, 0) is 9.53 Å². The van der Waals surface area contributed by atoms with Gasteiger partial charge in [-0.2, -0.15) is 0 Å². The first-order valence-corrected chi connectivity index (χ1v) is 3.98. The molecule has 0 aromatic heterocycles. The molecule has 0 spiro atoms. The first-order chi connectivity index (χ1) is 5.65. The Morgan fingerprint density at radius 2 is 2.25 bits per heavy atom. The van der Waals surface area contributed by atoms with Gasteiger partial charge in [0.1, 0.15) is 6.61 Å². The largest absolute Gasteiger partial charge is 0.456 e. The molecule has 1 aliphatic rings. The molecule has 68 valence electrons. The highest BCUT2D eigenvalue weighted by molar-refractivity contribution is 5.91. The van der Waals surface area contributed by atoms with Crippen LogP contribution in [-0.4, -0.2) is 31.7 Å². The Morgan fingerprint density at radius 3 is 2.75 bits per heavy atom. The molecule has 0 atom stereocenters. The fourth-order valence-electron chi connectivity index (χ4n) is 1.16. The Hall–Kier alpha value is -1.03. The van der Waals surface area contributed by atoms with E-state index < -0.39 is 0 Å². The lowest BCUT2D eigenvalue weighted by molar-refractivity contribution is -0.136. The summed E-state index contributed by atoms with van der Waals surface area (Å²) in [4.78, 5) is 11.1. The number of hydrogen-bond donors (Lipinski definition) is 1. The van der Waals surface area contributed by atoms with E-state index in [1.807, 2.05) is 21.0 Å². The maximum absolute atomic E-state index is 11.1. The summed E-state index contributed by atoms with van der Waals surface area (Å²) >= 11 is 0. The lowest BCUT2D eigenvalue weighted by Crippen LogP contribution is -2.30. The zero-order chi connectivity index (χ0) is 9.14. The number of nitrogens with zero attached hydrogens (tertiary/aromatic N) is 1. The van der Waals surface area contributed by atoms with Gasteiger partial charge in [0.05, 0.1) is 11.3 Å². The summed E-state index contributed by atoms with van der Waals surface area (Å²) in [6.07, 6.45) is 0.717. The molecule has 0 aromatic carbocycles. The molecule has 0 unspecified atom stereocenters. The van der Waals surface area contributed by atoms with Gasteiger partial charge in [0, 0.05) is 14.1 Å². The monoisotopic (exact) mass is 170 g/mol. The number of hydrogen-bond acceptors (Lipinski definition) is 4. The van der Waals surface area contributed by atoms with Crippen LogP contribution in [0, 0.1) is 0 Å². The number of cyclic esters (lactones) is 1. The van der Waals surface area contributed by atoms with E-state index in [9.17, 15) is 4.79 Å². The van der Waals surface area contributed by atoms with Crippen molar-refractivity contribution in [3.63, 3.8) is 0 Å². The van der Waals surface area contributed by atoms with E-state index in [1.54, 1.807) is 5.01 Å². The average molecular weight is 170 g/mol. The van der Waals surface area contributed by atoms with Gasteiger partial charge >= 0.3 is 5.97 Å². The van der Waals surface area contributed by atoms with Gasteiger partial charge in [-0.15, -0.1) is 0 Å². The summed E-state index contributed by atoms with van der Waals surface area (Å²) in [6, 6.07) is 0. The highest BCUT2D eigenvalue weighted by atomic mass is 16.5. The molecule has 0 amide bonds. The third kappa shape index (κ3) is 1.76. The fourth-order valence-corrected chi connectivity index (χ4v) is 1.16. The van der Waals surface area contributed by atoms with Crippen LogP contribution in [0.15, 0.2) is 11.3 Å². The highest BCUT2D eigenvalue weighted by Gasteiger charge is 2.23. The van der Waals surface area contributed by atoms with Gasteiger partial charge in [0.15, 0.2) is 0 Å². The molecule has 0 aliphatic carbocycles. The summed E-state index contributed by atoms with van der Waals surface area (Å²) in [7, 11) is 3.76. The normalized spacial score (nSPS) is 17.2. The first-order valence-electron chi connectivity index (χ1n) is 3.98. The molecule has 0 saturated carbocycles. The van der Waals surface area contributed by atoms with Gasteiger partial charge in [-0.1, -0.05) is 6.92 Å². The number of ether oxygens (including phenoxy) is 1. The molecule has 1 N–H and O–H groups in total. The number of nitrogens with one attached hydrogen (secondary N) is 1. The molecular formula is C8H14N2O2. The van der Waals surface area contributed by atoms with Crippen LogP contribution < -0.4 is 5.43 Å². The van der Waals surface area contributed by atoms with E-state index >= 15 is 0 Å². The molecule has 4 nitrogen and oxygen atoms in total. The van der Waals surface area contributed by atoms with Crippen LogP contribution in [0.5, 0.6) is 0 Å². The maximum atomic E-state index is 11.1. The SMILES string of the molecule is CCC1=C(NN(C)C)COC1=O. The van der Waals surface area contributed by atoms with Gasteiger partial charge in [-0.25, -0.2) is 9.80 Å². The van der Waals surface area contributed by atoms with E-state index in [-0.39, 0.29) is 5.97 Å². The molecule has 0 fully saturated rings. The molecule has 0 aromatic rings. The second-order valence-corrected chi connectivity index (χ2v) is 2.89.